The number of ether oxygens (including phenoxy) is 2. The van der Waals surface area contributed by atoms with Gasteiger partial charge in [0, 0.05) is 12.1 Å². The third-order valence-corrected chi connectivity index (χ3v) is 5.08. The standard InChI is InChI=1S/C23H26N6O2/c1-5-15(2)25-23-27-21(26-19-13-17(30-3)11-12-20(19)31-4)18-14-24-29(22(18)28-23)16-9-7-6-8-10-16/h6-15H,5H2,1-4H3,(H2,25,26,27,28). The lowest BCUT2D eigenvalue weighted by atomic mass is 10.2. The second-order valence-electron chi connectivity index (χ2n) is 7.17. The van der Waals surface area contributed by atoms with Gasteiger partial charge in [0.05, 0.1) is 37.2 Å². The van der Waals surface area contributed by atoms with Gasteiger partial charge in [-0.3, -0.25) is 0 Å². The van der Waals surface area contributed by atoms with Crippen molar-refractivity contribution < 1.29 is 9.47 Å². The quantitative estimate of drug-likeness (QED) is 0.426. The van der Waals surface area contributed by atoms with E-state index in [1.165, 1.54) is 0 Å². The van der Waals surface area contributed by atoms with Gasteiger partial charge in [-0.2, -0.15) is 15.1 Å². The number of aromatic nitrogens is 4. The highest BCUT2D eigenvalue weighted by atomic mass is 16.5. The van der Waals surface area contributed by atoms with Crippen LogP contribution in [0.3, 0.4) is 0 Å². The highest BCUT2D eigenvalue weighted by Gasteiger charge is 2.17. The van der Waals surface area contributed by atoms with Crippen molar-refractivity contribution in [1.29, 1.82) is 0 Å². The molecule has 0 saturated heterocycles. The largest absolute Gasteiger partial charge is 0.497 e. The Bertz CT molecular complexity index is 1180. The van der Waals surface area contributed by atoms with Crippen LogP contribution >= 0.6 is 0 Å². The highest BCUT2D eigenvalue weighted by molar-refractivity contribution is 5.91. The zero-order valence-corrected chi connectivity index (χ0v) is 18.1. The van der Waals surface area contributed by atoms with Crippen molar-refractivity contribution in [2.75, 3.05) is 24.9 Å². The van der Waals surface area contributed by atoms with Gasteiger partial charge >= 0.3 is 0 Å². The number of benzene rings is 2. The summed E-state index contributed by atoms with van der Waals surface area (Å²) in [6.07, 6.45) is 2.72. The second-order valence-corrected chi connectivity index (χ2v) is 7.17. The van der Waals surface area contributed by atoms with Crippen LogP contribution in [0.15, 0.2) is 54.7 Å². The van der Waals surface area contributed by atoms with Crippen LogP contribution in [-0.2, 0) is 0 Å². The van der Waals surface area contributed by atoms with Crippen molar-refractivity contribution in [1.82, 2.24) is 19.7 Å². The SMILES string of the molecule is CCC(C)Nc1nc(Nc2cc(OC)ccc2OC)c2cnn(-c3ccccc3)c2n1. The molecule has 2 N–H and O–H groups in total. The van der Waals surface area contributed by atoms with E-state index in [1.807, 2.05) is 53.2 Å². The molecule has 1 unspecified atom stereocenters. The first-order valence-electron chi connectivity index (χ1n) is 10.2. The number of nitrogens with zero attached hydrogens (tertiary/aromatic N) is 4. The Morgan fingerprint density at radius 1 is 1.03 bits per heavy atom. The predicted octanol–water partition coefficient (Wildman–Crippen LogP) is 4.79. The third kappa shape index (κ3) is 4.23. The topological polar surface area (TPSA) is 86.1 Å². The maximum atomic E-state index is 5.52. The molecule has 8 heteroatoms. The van der Waals surface area contributed by atoms with E-state index in [0.29, 0.717) is 28.9 Å². The molecule has 0 fully saturated rings. The van der Waals surface area contributed by atoms with Gasteiger partial charge in [0.1, 0.15) is 17.3 Å². The number of anilines is 3. The van der Waals surface area contributed by atoms with E-state index in [1.54, 1.807) is 20.4 Å². The molecule has 160 valence electrons. The molecule has 8 nitrogen and oxygen atoms in total. The van der Waals surface area contributed by atoms with Crippen molar-refractivity contribution in [3.05, 3.63) is 54.7 Å². The molecule has 0 amide bonds. The van der Waals surface area contributed by atoms with E-state index in [4.69, 9.17) is 19.4 Å². The summed E-state index contributed by atoms with van der Waals surface area (Å²) in [6.45, 7) is 4.21. The summed E-state index contributed by atoms with van der Waals surface area (Å²) in [6, 6.07) is 15.7. The normalized spacial score (nSPS) is 11.9. The first kappa shape index (κ1) is 20.5. The van der Waals surface area contributed by atoms with Gasteiger partial charge in [-0.25, -0.2) is 4.68 Å². The van der Waals surface area contributed by atoms with E-state index >= 15 is 0 Å². The van der Waals surface area contributed by atoms with Crippen molar-refractivity contribution in [2.24, 2.45) is 0 Å². The van der Waals surface area contributed by atoms with Crippen LogP contribution in [0.25, 0.3) is 16.7 Å². The average Bonchev–Trinajstić information content (AvgIpc) is 3.23. The number of hydrogen-bond donors (Lipinski definition) is 2. The molecule has 31 heavy (non-hydrogen) atoms. The summed E-state index contributed by atoms with van der Waals surface area (Å²) in [7, 11) is 3.26. The monoisotopic (exact) mass is 418 g/mol. The summed E-state index contributed by atoms with van der Waals surface area (Å²) in [4.78, 5) is 9.50. The van der Waals surface area contributed by atoms with Gasteiger partial charge in [-0.1, -0.05) is 25.1 Å². The Morgan fingerprint density at radius 3 is 2.55 bits per heavy atom. The van der Waals surface area contributed by atoms with Crippen molar-refractivity contribution in [3.8, 4) is 17.2 Å². The van der Waals surface area contributed by atoms with Gasteiger partial charge < -0.3 is 20.1 Å². The molecule has 0 aliphatic rings. The minimum Gasteiger partial charge on any atom is -0.497 e. The summed E-state index contributed by atoms with van der Waals surface area (Å²) in [5, 5.41) is 12.1. The first-order valence-corrected chi connectivity index (χ1v) is 10.2. The Morgan fingerprint density at radius 2 is 1.84 bits per heavy atom. The fourth-order valence-electron chi connectivity index (χ4n) is 3.19. The van der Waals surface area contributed by atoms with Crippen LogP contribution in [0, 0.1) is 0 Å². The van der Waals surface area contributed by atoms with Crippen LogP contribution in [0.2, 0.25) is 0 Å². The number of nitrogens with one attached hydrogen (secondary N) is 2. The van der Waals surface area contributed by atoms with Crippen molar-refractivity contribution in [2.45, 2.75) is 26.3 Å². The number of hydrogen-bond acceptors (Lipinski definition) is 7. The van der Waals surface area contributed by atoms with E-state index in [0.717, 1.165) is 23.2 Å². The van der Waals surface area contributed by atoms with E-state index in [9.17, 15) is 0 Å². The molecule has 2 aromatic carbocycles. The Labute approximate surface area is 181 Å². The summed E-state index contributed by atoms with van der Waals surface area (Å²) in [5.41, 5.74) is 2.37. The lowest BCUT2D eigenvalue weighted by molar-refractivity contribution is 0.405. The van der Waals surface area contributed by atoms with Crippen LogP contribution < -0.4 is 20.1 Å². The van der Waals surface area contributed by atoms with E-state index in [2.05, 4.69) is 29.6 Å². The van der Waals surface area contributed by atoms with Crippen LogP contribution in [0.5, 0.6) is 11.5 Å². The summed E-state index contributed by atoms with van der Waals surface area (Å²) in [5.74, 6) is 2.56. The molecule has 0 saturated carbocycles. The highest BCUT2D eigenvalue weighted by Crippen LogP contribution is 2.34. The number of methoxy groups -OCH3 is 2. The Balaban J connectivity index is 1.85. The van der Waals surface area contributed by atoms with Gasteiger partial charge in [0.2, 0.25) is 5.95 Å². The van der Waals surface area contributed by atoms with Crippen LogP contribution in [0.1, 0.15) is 20.3 Å². The fourth-order valence-corrected chi connectivity index (χ4v) is 3.19. The van der Waals surface area contributed by atoms with Gasteiger partial charge in [0.25, 0.3) is 0 Å². The van der Waals surface area contributed by atoms with Gasteiger partial charge in [0.15, 0.2) is 5.65 Å². The van der Waals surface area contributed by atoms with Crippen molar-refractivity contribution in [3.63, 3.8) is 0 Å². The maximum absolute atomic E-state index is 5.52. The molecule has 2 aromatic heterocycles. The molecule has 0 bridgehead atoms. The van der Waals surface area contributed by atoms with Crippen molar-refractivity contribution >= 4 is 28.5 Å². The van der Waals surface area contributed by atoms with Crippen LogP contribution in [0.4, 0.5) is 17.5 Å². The zero-order valence-electron chi connectivity index (χ0n) is 18.1. The molecule has 2 heterocycles. The molecular formula is C23H26N6O2. The molecule has 4 rings (SSSR count). The summed E-state index contributed by atoms with van der Waals surface area (Å²) < 4.78 is 12.7. The molecule has 0 spiro atoms. The summed E-state index contributed by atoms with van der Waals surface area (Å²) >= 11 is 0. The minimum atomic E-state index is 0.227. The van der Waals surface area contributed by atoms with E-state index in [-0.39, 0.29) is 6.04 Å². The lowest BCUT2D eigenvalue weighted by Gasteiger charge is -2.15. The Kier molecular flexibility index (Phi) is 5.88. The lowest BCUT2D eigenvalue weighted by Crippen LogP contribution is -2.16. The average molecular weight is 419 g/mol. The molecule has 1 atom stereocenters. The zero-order chi connectivity index (χ0) is 21.8. The van der Waals surface area contributed by atoms with E-state index < -0.39 is 0 Å². The second kappa shape index (κ2) is 8.91. The third-order valence-electron chi connectivity index (χ3n) is 5.08. The molecular weight excluding hydrogens is 392 g/mol. The number of rotatable bonds is 8. The minimum absolute atomic E-state index is 0.227. The molecule has 0 aliphatic heterocycles. The first-order chi connectivity index (χ1) is 15.1. The molecule has 0 aliphatic carbocycles. The maximum Gasteiger partial charge on any atom is 0.226 e. The fraction of sp³-hybridized carbons (Fsp3) is 0.261. The van der Waals surface area contributed by atoms with Gasteiger partial charge in [-0.15, -0.1) is 0 Å². The molecule has 0 radical (unpaired) electrons. The smallest absolute Gasteiger partial charge is 0.226 e. The van der Waals surface area contributed by atoms with Crippen LogP contribution in [-0.4, -0.2) is 40.0 Å². The Hall–Kier alpha value is -3.81. The van der Waals surface area contributed by atoms with Gasteiger partial charge in [-0.05, 0) is 37.6 Å². The number of fused-ring (bicyclic) bond motifs is 1. The number of para-hydroxylation sites is 1. The molecule has 4 aromatic rings. The predicted molar refractivity (Wildman–Crippen MR) is 123 cm³/mol.